The largest absolute Gasteiger partial charge is 0.395 e. The van der Waals surface area contributed by atoms with Crippen molar-refractivity contribution in [2.75, 3.05) is 33.8 Å². The van der Waals surface area contributed by atoms with Crippen molar-refractivity contribution in [2.45, 2.75) is 19.4 Å². The first-order valence-corrected chi connectivity index (χ1v) is 6.82. The van der Waals surface area contributed by atoms with E-state index in [2.05, 4.69) is 0 Å². The minimum Gasteiger partial charge on any atom is -0.395 e. The van der Waals surface area contributed by atoms with Gasteiger partial charge in [-0.05, 0) is 38.2 Å². The number of carbonyl (C=O) groups excluding carboxylic acids is 1. The van der Waals surface area contributed by atoms with Crippen LogP contribution >= 0.6 is 0 Å². The summed E-state index contributed by atoms with van der Waals surface area (Å²) in [6.07, 6.45) is 0.829. The highest BCUT2D eigenvalue weighted by Gasteiger charge is 2.27. The first kappa shape index (κ1) is 16.6. The van der Waals surface area contributed by atoms with Crippen molar-refractivity contribution in [3.8, 4) is 0 Å². The van der Waals surface area contributed by atoms with Gasteiger partial charge in [0.25, 0.3) is 0 Å². The molecule has 0 unspecified atom stereocenters. The molecule has 0 aromatic heterocycles. The van der Waals surface area contributed by atoms with Crippen LogP contribution in [0, 0.1) is 5.82 Å². The lowest BCUT2D eigenvalue weighted by Crippen LogP contribution is -2.42. The third-order valence-corrected chi connectivity index (χ3v) is 3.11. The smallest absolute Gasteiger partial charge is 0.244 e. The highest BCUT2D eigenvalue weighted by Crippen LogP contribution is 2.21. The van der Waals surface area contributed by atoms with Crippen molar-refractivity contribution in [1.82, 2.24) is 9.80 Å². The van der Waals surface area contributed by atoms with Crippen LogP contribution in [0.25, 0.3) is 0 Å². The van der Waals surface area contributed by atoms with Gasteiger partial charge in [-0.15, -0.1) is 0 Å². The highest BCUT2D eigenvalue weighted by molar-refractivity contribution is 5.83. The van der Waals surface area contributed by atoms with Gasteiger partial charge in [-0.25, -0.2) is 4.39 Å². The van der Waals surface area contributed by atoms with E-state index in [1.54, 1.807) is 21.9 Å². The molecule has 0 aliphatic carbocycles. The van der Waals surface area contributed by atoms with Crippen LogP contribution < -0.4 is 0 Å². The first-order valence-electron chi connectivity index (χ1n) is 6.82. The van der Waals surface area contributed by atoms with Crippen molar-refractivity contribution < 1.29 is 14.3 Å². The number of amides is 1. The predicted molar refractivity (Wildman–Crippen MR) is 76.8 cm³/mol. The Hall–Kier alpha value is -1.46. The van der Waals surface area contributed by atoms with Gasteiger partial charge >= 0.3 is 0 Å². The van der Waals surface area contributed by atoms with Crippen LogP contribution in [-0.2, 0) is 4.79 Å². The van der Waals surface area contributed by atoms with Crippen molar-refractivity contribution >= 4 is 5.91 Å². The minimum atomic E-state index is -0.464. The zero-order valence-corrected chi connectivity index (χ0v) is 12.3. The number of aliphatic hydroxyl groups excluding tert-OH is 1. The number of benzene rings is 1. The molecule has 1 aromatic carbocycles. The monoisotopic (exact) mass is 282 g/mol. The van der Waals surface area contributed by atoms with Crippen LogP contribution in [0.1, 0.15) is 24.9 Å². The summed E-state index contributed by atoms with van der Waals surface area (Å²) in [4.78, 5) is 16.1. The Bertz CT molecular complexity index is 414. The minimum absolute atomic E-state index is 0.0602. The maximum atomic E-state index is 13.0. The van der Waals surface area contributed by atoms with E-state index in [0.717, 1.165) is 12.0 Å². The van der Waals surface area contributed by atoms with Crippen LogP contribution in [0.5, 0.6) is 0 Å². The van der Waals surface area contributed by atoms with Crippen molar-refractivity contribution in [2.24, 2.45) is 0 Å². The van der Waals surface area contributed by atoms with Gasteiger partial charge in [-0.2, -0.15) is 0 Å². The molecule has 0 heterocycles. The average molecular weight is 282 g/mol. The Labute approximate surface area is 119 Å². The molecule has 5 heteroatoms. The summed E-state index contributed by atoms with van der Waals surface area (Å²) in [6.45, 7) is 2.85. The SMILES string of the molecule is CCCN(CCO)C(=O)[C@H](c1ccc(F)cc1)N(C)C. The molecular weight excluding hydrogens is 259 g/mol. The Balaban J connectivity index is 2.99. The number of likely N-dealkylation sites (N-methyl/N-ethyl adjacent to an activating group) is 1. The Morgan fingerprint density at radius 1 is 1.25 bits per heavy atom. The van der Waals surface area contributed by atoms with Gasteiger partial charge in [0.15, 0.2) is 0 Å². The number of halogens is 1. The molecule has 0 aliphatic rings. The standard InChI is InChI=1S/C15H23FN2O2/c1-4-9-18(10-11-19)15(20)14(17(2)3)12-5-7-13(16)8-6-12/h5-8,14,19H,4,9-11H2,1-3H3/t14-/m0/s1. The second kappa shape index (κ2) is 7.97. The molecule has 1 N–H and O–H groups in total. The van der Waals surface area contributed by atoms with Gasteiger partial charge in [-0.3, -0.25) is 9.69 Å². The van der Waals surface area contributed by atoms with E-state index in [-0.39, 0.29) is 18.3 Å². The van der Waals surface area contributed by atoms with E-state index in [9.17, 15) is 9.18 Å². The summed E-state index contributed by atoms with van der Waals surface area (Å²) in [6, 6.07) is 5.50. The molecule has 112 valence electrons. The lowest BCUT2D eigenvalue weighted by Gasteiger charge is -2.30. The number of hydrogen-bond acceptors (Lipinski definition) is 3. The van der Waals surface area contributed by atoms with Crippen LogP contribution in [0.2, 0.25) is 0 Å². The second-order valence-electron chi connectivity index (χ2n) is 4.97. The molecule has 1 rings (SSSR count). The quantitative estimate of drug-likeness (QED) is 0.827. The van der Waals surface area contributed by atoms with Gasteiger partial charge in [0.05, 0.1) is 6.61 Å². The average Bonchev–Trinajstić information content (AvgIpc) is 2.40. The van der Waals surface area contributed by atoms with Crippen molar-refractivity contribution in [1.29, 1.82) is 0 Å². The predicted octanol–water partition coefficient (Wildman–Crippen LogP) is 1.66. The van der Waals surface area contributed by atoms with E-state index < -0.39 is 6.04 Å². The summed E-state index contributed by atoms with van der Waals surface area (Å²) in [5.41, 5.74) is 0.750. The number of aliphatic hydroxyl groups is 1. The highest BCUT2D eigenvalue weighted by atomic mass is 19.1. The Morgan fingerprint density at radius 3 is 2.30 bits per heavy atom. The molecule has 0 saturated heterocycles. The number of hydrogen-bond donors (Lipinski definition) is 1. The molecule has 0 fully saturated rings. The van der Waals surface area contributed by atoms with Crippen molar-refractivity contribution in [3.63, 3.8) is 0 Å². The third kappa shape index (κ3) is 4.28. The fourth-order valence-corrected chi connectivity index (χ4v) is 2.20. The molecule has 1 atom stereocenters. The Kier molecular flexibility index (Phi) is 6.61. The van der Waals surface area contributed by atoms with Gasteiger partial charge in [0.1, 0.15) is 11.9 Å². The topological polar surface area (TPSA) is 43.8 Å². The zero-order chi connectivity index (χ0) is 15.1. The summed E-state index contributed by atoms with van der Waals surface area (Å²) in [7, 11) is 3.63. The van der Waals surface area contributed by atoms with E-state index in [1.807, 2.05) is 21.0 Å². The number of carbonyl (C=O) groups is 1. The fourth-order valence-electron chi connectivity index (χ4n) is 2.20. The maximum absolute atomic E-state index is 13.0. The van der Waals surface area contributed by atoms with Crippen LogP contribution in [0.4, 0.5) is 4.39 Å². The van der Waals surface area contributed by atoms with E-state index in [1.165, 1.54) is 12.1 Å². The fraction of sp³-hybridized carbons (Fsp3) is 0.533. The number of rotatable bonds is 7. The molecule has 1 amide bonds. The number of nitrogens with zero attached hydrogens (tertiary/aromatic N) is 2. The van der Waals surface area contributed by atoms with Gasteiger partial charge < -0.3 is 10.0 Å². The molecule has 0 bridgehead atoms. The molecule has 0 aliphatic heterocycles. The van der Waals surface area contributed by atoms with E-state index in [0.29, 0.717) is 13.1 Å². The van der Waals surface area contributed by atoms with Gasteiger partial charge in [0.2, 0.25) is 5.91 Å². The Morgan fingerprint density at radius 2 is 1.85 bits per heavy atom. The summed E-state index contributed by atoms with van der Waals surface area (Å²) < 4.78 is 13.0. The van der Waals surface area contributed by atoms with E-state index >= 15 is 0 Å². The van der Waals surface area contributed by atoms with Crippen LogP contribution in [0.15, 0.2) is 24.3 Å². The molecule has 0 radical (unpaired) electrons. The van der Waals surface area contributed by atoms with Crippen LogP contribution in [-0.4, -0.2) is 54.6 Å². The third-order valence-electron chi connectivity index (χ3n) is 3.11. The van der Waals surface area contributed by atoms with Gasteiger partial charge in [-0.1, -0.05) is 19.1 Å². The normalized spacial score (nSPS) is 12.5. The lowest BCUT2D eigenvalue weighted by molar-refractivity contribution is -0.137. The zero-order valence-electron chi connectivity index (χ0n) is 12.3. The molecule has 0 spiro atoms. The lowest BCUT2D eigenvalue weighted by atomic mass is 10.0. The van der Waals surface area contributed by atoms with E-state index in [4.69, 9.17) is 5.11 Å². The molecule has 4 nitrogen and oxygen atoms in total. The van der Waals surface area contributed by atoms with Gasteiger partial charge in [0, 0.05) is 13.1 Å². The second-order valence-corrected chi connectivity index (χ2v) is 4.97. The molecule has 20 heavy (non-hydrogen) atoms. The maximum Gasteiger partial charge on any atom is 0.244 e. The summed E-state index contributed by atoms with van der Waals surface area (Å²) in [5.74, 6) is -0.392. The summed E-state index contributed by atoms with van der Waals surface area (Å²) in [5, 5.41) is 9.08. The van der Waals surface area contributed by atoms with Crippen LogP contribution in [0.3, 0.4) is 0 Å². The first-order chi connectivity index (χ1) is 9.51. The summed E-state index contributed by atoms with van der Waals surface area (Å²) >= 11 is 0. The molecule has 0 saturated carbocycles. The molecule has 1 aromatic rings. The molecular formula is C15H23FN2O2. The van der Waals surface area contributed by atoms with Crippen molar-refractivity contribution in [3.05, 3.63) is 35.6 Å².